The molecule has 0 aromatic heterocycles. The third-order valence-electron chi connectivity index (χ3n) is 2.80. The van der Waals surface area contributed by atoms with Gasteiger partial charge >= 0.3 is 5.97 Å². The van der Waals surface area contributed by atoms with Crippen LogP contribution in [-0.4, -0.2) is 37.4 Å². The molecular formula is C12H13NO3. The number of likely N-dealkylation sites (tertiary alicyclic amines) is 1. The molecule has 4 nitrogen and oxygen atoms in total. The van der Waals surface area contributed by atoms with Gasteiger partial charge in [-0.2, -0.15) is 0 Å². The molecule has 16 heavy (non-hydrogen) atoms. The van der Waals surface area contributed by atoms with Crippen molar-refractivity contribution in [2.75, 3.05) is 20.7 Å². The second-order valence-electron chi connectivity index (χ2n) is 3.90. The Bertz CT molecular complexity index is 424. The summed E-state index contributed by atoms with van der Waals surface area (Å²) in [6.45, 7) is 0.503. The molecule has 1 fully saturated rings. The van der Waals surface area contributed by atoms with E-state index in [-0.39, 0.29) is 17.8 Å². The van der Waals surface area contributed by atoms with Gasteiger partial charge in [0.2, 0.25) is 0 Å². The van der Waals surface area contributed by atoms with E-state index < -0.39 is 0 Å². The summed E-state index contributed by atoms with van der Waals surface area (Å²) in [5, 5.41) is 0. The van der Waals surface area contributed by atoms with Gasteiger partial charge in [-0.3, -0.25) is 9.69 Å². The van der Waals surface area contributed by atoms with Gasteiger partial charge in [-0.05, 0) is 24.7 Å². The van der Waals surface area contributed by atoms with Crippen molar-refractivity contribution >= 4 is 11.8 Å². The standard InChI is InChI=1S/C12H13NO3/c1-13-7-10(14)11(13)8-3-5-9(6-4-8)12(15)16-2/h3-6,11H,7H2,1-2H3. The monoisotopic (exact) mass is 219 g/mol. The van der Waals surface area contributed by atoms with E-state index in [1.54, 1.807) is 24.3 Å². The van der Waals surface area contributed by atoms with Gasteiger partial charge < -0.3 is 4.74 Å². The zero-order chi connectivity index (χ0) is 11.7. The van der Waals surface area contributed by atoms with Gasteiger partial charge in [-0.1, -0.05) is 12.1 Å². The van der Waals surface area contributed by atoms with Crippen LogP contribution in [0.3, 0.4) is 0 Å². The zero-order valence-corrected chi connectivity index (χ0v) is 9.27. The third kappa shape index (κ3) is 1.72. The number of benzene rings is 1. The highest BCUT2D eigenvalue weighted by Gasteiger charge is 2.35. The van der Waals surface area contributed by atoms with Crippen LogP contribution in [0.1, 0.15) is 22.0 Å². The van der Waals surface area contributed by atoms with E-state index >= 15 is 0 Å². The van der Waals surface area contributed by atoms with E-state index in [1.807, 2.05) is 11.9 Å². The highest BCUT2D eigenvalue weighted by molar-refractivity contribution is 5.93. The Morgan fingerprint density at radius 3 is 2.44 bits per heavy atom. The minimum Gasteiger partial charge on any atom is -0.465 e. The van der Waals surface area contributed by atoms with E-state index in [2.05, 4.69) is 4.74 Å². The van der Waals surface area contributed by atoms with Crippen LogP contribution in [0.5, 0.6) is 0 Å². The fraction of sp³-hybridized carbons (Fsp3) is 0.333. The molecule has 4 heteroatoms. The summed E-state index contributed by atoms with van der Waals surface area (Å²) >= 11 is 0. The van der Waals surface area contributed by atoms with Crippen LogP contribution in [0.15, 0.2) is 24.3 Å². The molecule has 1 unspecified atom stereocenters. The zero-order valence-electron chi connectivity index (χ0n) is 9.27. The lowest BCUT2D eigenvalue weighted by atomic mass is 9.93. The number of methoxy groups -OCH3 is 1. The smallest absolute Gasteiger partial charge is 0.337 e. The Morgan fingerprint density at radius 1 is 1.38 bits per heavy atom. The predicted molar refractivity (Wildman–Crippen MR) is 58.2 cm³/mol. The van der Waals surface area contributed by atoms with Crippen LogP contribution in [0.2, 0.25) is 0 Å². The topological polar surface area (TPSA) is 46.6 Å². The molecule has 1 saturated heterocycles. The maximum absolute atomic E-state index is 11.4. The van der Waals surface area contributed by atoms with Gasteiger partial charge in [0, 0.05) is 0 Å². The number of hydrogen-bond donors (Lipinski definition) is 0. The highest BCUT2D eigenvalue weighted by atomic mass is 16.5. The van der Waals surface area contributed by atoms with Crippen LogP contribution in [-0.2, 0) is 9.53 Å². The number of hydrogen-bond acceptors (Lipinski definition) is 4. The van der Waals surface area contributed by atoms with E-state index in [9.17, 15) is 9.59 Å². The average Bonchev–Trinajstić information content (AvgIpc) is 2.28. The minimum atomic E-state index is -0.361. The molecule has 2 rings (SSSR count). The van der Waals surface area contributed by atoms with E-state index in [4.69, 9.17) is 0 Å². The summed E-state index contributed by atoms with van der Waals surface area (Å²) in [6, 6.07) is 6.81. The molecule has 0 N–H and O–H groups in total. The first-order chi connectivity index (χ1) is 7.63. The molecule has 0 amide bonds. The summed E-state index contributed by atoms with van der Waals surface area (Å²) < 4.78 is 4.60. The lowest BCUT2D eigenvalue weighted by molar-refractivity contribution is -0.134. The van der Waals surface area contributed by atoms with Gasteiger partial charge in [0.1, 0.15) is 0 Å². The second-order valence-corrected chi connectivity index (χ2v) is 3.90. The number of ether oxygens (including phenoxy) is 1. The number of carbonyl (C=O) groups is 2. The molecule has 84 valence electrons. The van der Waals surface area contributed by atoms with E-state index in [0.717, 1.165) is 5.56 Å². The van der Waals surface area contributed by atoms with Gasteiger partial charge in [0.15, 0.2) is 5.78 Å². The SMILES string of the molecule is COC(=O)c1ccc(C2C(=O)CN2C)cc1. The Morgan fingerprint density at radius 2 is 2.00 bits per heavy atom. The van der Waals surface area contributed by atoms with E-state index in [1.165, 1.54) is 7.11 Å². The van der Waals surface area contributed by atoms with Crippen LogP contribution >= 0.6 is 0 Å². The van der Waals surface area contributed by atoms with Crippen molar-refractivity contribution in [1.29, 1.82) is 0 Å². The summed E-state index contributed by atoms with van der Waals surface area (Å²) in [7, 11) is 3.25. The summed E-state index contributed by atoms with van der Waals surface area (Å²) in [4.78, 5) is 24.6. The molecule has 0 bridgehead atoms. The number of nitrogens with zero attached hydrogens (tertiary/aromatic N) is 1. The van der Waals surface area contributed by atoms with Crippen molar-refractivity contribution in [3.05, 3.63) is 35.4 Å². The summed E-state index contributed by atoms with van der Waals surface area (Å²) in [5.74, 6) is -0.145. The quantitative estimate of drug-likeness (QED) is 0.697. The molecule has 1 aliphatic rings. The fourth-order valence-electron chi connectivity index (χ4n) is 1.92. The first kappa shape index (κ1) is 10.8. The molecular weight excluding hydrogens is 206 g/mol. The molecule has 1 heterocycles. The molecule has 0 spiro atoms. The largest absolute Gasteiger partial charge is 0.465 e. The molecule has 0 saturated carbocycles. The lowest BCUT2D eigenvalue weighted by Gasteiger charge is -2.36. The number of Topliss-reactive ketones (excluding diaryl/α,β-unsaturated/α-hetero) is 1. The second kappa shape index (κ2) is 4.06. The number of likely N-dealkylation sites (N-methyl/N-ethyl adjacent to an activating group) is 1. The van der Waals surface area contributed by atoms with Crippen molar-refractivity contribution in [1.82, 2.24) is 4.90 Å². The molecule has 0 aliphatic carbocycles. The van der Waals surface area contributed by atoms with Crippen LogP contribution in [0.4, 0.5) is 0 Å². The normalized spacial score (nSPS) is 20.4. The van der Waals surface area contributed by atoms with Gasteiger partial charge in [0.05, 0.1) is 25.3 Å². The van der Waals surface area contributed by atoms with Crippen LogP contribution in [0, 0.1) is 0 Å². The van der Waals surface area contributed by atoms with Crippen molar-refractivity contribution in [2.45, 2.75) is 6.04 Å². The summed E-state index contributed by atoms with van der Waals surface area (Å²) in [5.41, 5.74) is 1.42. The van der Waals surface area contributed by atoms with Crippen molar-refractivity contribution in [2.24, 2.45) is 0 Å². The van der Waals surface area contributed by atoms with Crippen molar-refractivity contribution in [3.8, 4) is 0 Å². The first-order valence-corrected chi connectivity index (χ1v) is 5.04. The number of rotatable bonds is 2. The summed E-state index contributed by atoms with van der Waals surface area (Å²) in [6.07, 6.45) is 0. The molecule has 0 radical (unpaired) electrons. The molecule has 1 atom stereocenters. The maximum Gasteiger partial charge on any atom is 0.337 e. The Hall–Kier alpha value is -1.68. The molecule has 1 aromatic rings. The van der Waals surface area contributed by atoms with Gasteiger partial charge in [0.25, 0.3) is 0 Å². The predicted octanol–water partition coefficient (Wildman–Crippen LogP) is 1.03. The fourth-order valence-corrected chi connectivity index (χ4v) is 1.92. The van der Waals surface area contributed by atoms with E-state index in [0.29, 0.717) is 12.1 Å². The maximum atomic E-state index is 11.4. The molecule has 1 aromatic carbocycles. The van der Waals surface area contributed by atoms with Gasteiger partial charge in [-0.15, -0.1) is 0 Å². The van der Waals surface area contributed by atoms with Gasteiger partial charge in [-0.25, -0.2) is 4.79 Å². The number of esters is 1. The Labute approximate surface area is 93.8 Å². The minimum absolute atomic E-state index is 0.147. The van der Waals surface area contributed by atoms with Crippen molar-refractivity contribution < 1.29 is 14.3 Å². The Balaban J connectivity index is 2.19. The van der Waals surface area contributed by atoms with Crippen molar-refractivity contribution in [3.63, 3.8) is 0 Å². The first-order valence-electron chi connectivity index (χ1n) is 5.04. The van der Waals surface area contributed by atoms with Crippen LogP contribution in [0.25, 0.3) is 0 Å². The third-order valence-corrected chi connectivity index (χ3v) is 2.80. The molecule has 1 aliphatic heterocycles. The number of carbonyl (C=O) groups excluding carboxylic acids is 2. The Kier molecular flexibility index (Phi) is 2.75. The van der Waals surface area contributed by atoms with Crippen LogP contribution < -0.4 is 0 Å². The average molecular weight is 219 g/mol. The lowest BCUT2D eigenvalue weighted by Crippen LogP contribution is -2.47. The highest BCUT2D eigenvalue weighted by Crippen LogP contribution is 2.28. The number of ketones is 1.